The number of rotatable bonds is 8. The minimum absolute atomic E-state index is 0.314. The molecule has 2 unspecified atom stereocenters. The van der Waals surface area contributed by atoms with E-state index in [1.165, 1.54) is 0 Å². The lowest BCUT2D eigenvalue weighted by Gasteiger charge is -2.08. The second kappa shape index (κ2) is 7.32. The predicted octanol–water partition coefficient (Wildman–Crippen LogP) is 3.50. The molecule has 0 spiro atoms. The number of thioether (sulfide) groups is 2. The van der Waals surface area contributed by atoms with Crippen molar-refractivity contribution in [2.45, 2.75) is 31.8 Å². The summed E-state index contributed by atoms with van der Waals surface area (Å²) in [6.07, 6.45) is 0.629. The molecule has 2 atom stereocenters. The van der Waals surface area contributed by atoms with E-state index >= 15 is 0 Å². The number of benzene rings is 2. The Morgan fingerprint density at radius 3 is 1.68 bits per heavy atom. The van der Waals surface area contributed by atoms with Crippen LogP contribution in [0, 0.1) is 0 Å². The maximum Gasteiger partial charge on any atom is 0.206 e. The zero-order valence-electron chi connectivity index (χ0n) is 13.5. The number of hydrogen-bond acceptors (Lipinski definition) is 6. The van der Waals surface area contributed by atoms with Gasteiger partial charge >= 0.3 is 0 Å². The van der Waals surface area contributed by atoms with E-state index in [1.807, 2.05) is 12.1 Å². The maximum atomic E-state index is 13.0. The average Bonchev–Trinajstić information content (AvgIpc) is 3.54. The normalized spacial score (nSPS) is 21.9. The van der Waals surface area contributed by atoms with Crippen molar-refractivity contribution in [1.82, 2.24) is 0 Å². The van der Waals surface area contributed by atoms with Crippen LogP contribution in [0.4, 0.5) is 0 Å². The molecular weight excluding hydrogens is 376 g/mol. The SMILES string of the molecule is O=S(=O)(c1cccc(SCC2CO2)c1)c1cccc(SCC2CO2)c1. The highest BCUT2D eigenvalue weighted by Crippen LogP contribution is 2.30. The molecule has 2 aliphatic heterocycles. The summed E-state index contributed by atoms with van der Waals surface area (Å²) in [6, 6.07) is 14.3. The minimum atomic E-state index is -3.52. The average molecular weight is 395 g/mol. The second-order valence-corrected chi connectivity index (χ2v) is 10.1. The molecular formula is C18H18O4S3. The highest BCUT2D eigenvalue weighted by molar-refractivity contribution is 7.99. The molecule has 2 aromatic rings. The van der Waals surface area contributed by atoms with Gasteiger partial charge in [-0.05, 0) is 36.4 Å². The zero-order chi connectivity index (χ0) is 17.3. The van der Waals surface area contributed by atoms with Crippen molar-refractivity contribution >= 4 is 33.4 Å². The minimum Gasteiger partial charge on any atom is -0.372 e. The fraction of sp³-hybridized carbons (Fsp3) is 0.333. The summed E-state index contributed by atoms with van der Waals surface area (Å²) < 4.78 is 36.4. The third kappa shape index (κ3) is 4.60. The second-order valence-electron chi connectivity index (χ2n) is 5.99. The molecule has 0 N–H and O–H groups in total. The first-order chi connectivity index (χ1) is 12.1. The molecule has 2 heterocycles. The van der Waals surface area contributed by atoms with Crippen LogP contribution in [0.2, 0.25) is 0 Å². The molecule has 132 valence electrons. The standard InChI is InChI=1S/C18H18O4S3/c19-25(20,17-5-1-3-15(7-17)23-11-13-9-21-13)18-6-2-4-16(8-18)24-12-14-10-22-14/h1-8,13-14H,9-12H2. The van der Waals surface area contributed by atoms with Crippen LogP contribution >= 0.6 is 23.5 Å². The summed E-state index contributed by atoms with van der Waals surface area (Å²) in [5.41, 5.74) is 0. The molecule has 0 aromatic heterocycles. The van der Waals surface area contributed by atoms with Gasteiger partial charge in [0.25, 0.3) is 0 Å². The summed E-state index contributed by atoms with van der Waals surface area (Å²) in [5, 5.41) is 0. The molecule has 0 radical (unpaired) electrons. The third-order valence-corrected chi connectivity index (χ3v) is 7.91. The zero-order valence-corrected chi connectivity index (χ0v) is 15.9. The van der Waals surface area contributed by atoms with Crippen LogP contribution in [0.15, 0.2) is 68.1 Å². The van der Waals surface area contributed by atoms with Gasteiger partial charge in [-0.2, -0.15) is 0 Å². The van der Waals surface area contributed by atoms with Crippen molar-refractivity contribution in [2.24, 2.45) is 0 Å². The lowest BCUT2D eigenvalue weighted by atomic mass is 10.4. The van der Waals surface area contributed by atoms with E-state index in [-0.39, 0.29) is 0 Å². The summed E-state index contributed by atoms with van der Waals surface area (Å²) in [7, 11) is -3.52. The van der Waals surface area contributed by atoms with Gasteiger partial charge in [-0.3, -0.25) is 0 Å². The van der Waals surface area contributed by atoms with Crippen LogP contribution in [0.3, 0.4) is 0 Å². The van der Waals surface area contributed by atoms with E-state index in [0.29, 0.717) is 22.0 Å². The number of hydrogen-bond donors (Lipinski definition) is 0. The first-order valence-corrected chi connectivity index (χ1v) is 11.5. The topological polar surface area (TPSA) is 59.2 Å². The molecule has 4 nitrogen and oxygen atoms in total. The van der Waals surface area contributed by atoms with E-state index < -0.39 is 9.84 Å². The maximum absolute atomic E-state index is 13.0. The van der Waals surface area contributed by atoms with E-state index in [0.717, 1.165) is 34.5 Å². The Hall–Kier alpha value is -0.990. The molecule has 2 aromatic carbocycles. The predicted molar refractivity (Wildman–Crippen MR) is 99.3 cm³/mol. The van der Waals surface area contributed by atoms with Crippen molar-refractivity contribution in [1.29, 1.82) is 0 Å². The molecule has 2 fully saturated rings. The summed E-state index contributed by atoms with van der Waals surface area (Å²) in [4.78, 5) is 2.57. The molecule has 0 bridgehead atoms. The fourth-order valence-electron chi connectivity index (χ4n) is 2.31. The highest BCUT2D eigenvalue weighted by atomic mass is 32.2. The van der Waals surface area contributed by atoms with E-state index in [9.17, 15) is 8.42 Å². The number of ether oxygens (including phenoxy) is 2. The first kappa shape index (κ1) is 17.4. The number of sulfone groups is 1. The van der Waals surface area contributed by atoms with Crippen LogP contribution in [0.25, 0.3) is 0 Å². The van der Waals surface area contributed by atoms with Crippen molar-refractivity contribution in [2.75, 3.05) is 24.7 Å². The van der Waals surface area contributed by atoms with Gasteiger partial charge in [-0.15, -0.1) is 23.5 Å². The molecule has 4 rings (SSSR count). The van der Waals surface area contributed by atoms with E-state index in [4.69, 9.17) is 9.47 Å². The van der Waals surface area contributed by atoms with Crippen LogP contribution in [-0.4, -0.2) is 45.3 Å². The largest absolute Gasteiger partial charge is 0.372 e. The van der Waals surface area contributed by atoms with Gasteiger partial charge in [0.15, 0.2) is 0 Å². The Balaban J connectivity index is 1.53. The molecule has 0 aliphatic carbocycles. The first-order valence-electron chi connectivity index (χ1n) is 8.05. The van der Waals surface area contributed by atoms with Gasteiger partial charge in [0.2, 0.25) is 9.84 Å². The van der Waals surface area contributed by atoms with E-state index in [2.05, 4.69) is 0 Å². The van der Waals surface area contributed by atoms with Gasteiger partial charge in [0.05, 0.1) is 35.2 Å². The van der Waals surface area contributed by atoms with E-state index in [1.54, 1.807) is 59.9 Å². The molecule has 0 saturated carbocycles. The third-order valence-electron chi connectivity index (χ3n) is 3.91. The smallest absolute Gasteiger partial charge is 0.206 e. The Bertz CT molecular complexity index is 793. The van der Waals surface area contributed by atoms with Crippen molar-refractivity contribution < 1.29 is 17.9 Å². The van der Waals surface area contributed by atoms with Gasteiger partial charge in [-0.25, -0.2) is 8.42 Å². The van der Waals surface area contributed by atoms with Crippen molar-refractivity contribution in [3.05, 3.63) is 48.5 Å². The fourth-order valence-corrected chi connectivity index (χ4v) is 5.72. The van der Waals surface area contributed by atoms with Gasteiger partial charge in [0.1, 0.15) is 0 Å². The van der Waals surface area contributed by atoms with Crippen LogP contribution < -0.4 is 0 Å². The Kier molecular flexibility index (Phi) is 5.11. The Morgan fingerprint density at radius 1 is 0.840 bits per heavy atom. The van der Waals surface area contributed by atoms with Crippen LogP contribution in [0.1, 0.15) is 0 Å². The lowest BCUT2D eigenvalue weighted by molar-refractivity contribution is 0.426. The van der Waals surface area contributed by atoms with Gasteiger partial charge < -0.3 is 9.47 Å². The summed E-state index contributed by atoms with van der Waals surface area (Å²) in [5.74, 6) is 1.72. The highest BCUT2D eigenvalue weighted by Gasteiger charge is 2.24. The molecule has 0 amide bonds. The quantitative estimate of drug-likeness (QED) is 0.504. The molecule has 7 heteroatoms. The van der Waals surface area contributed by atoms with Gasteiger partial charge in [0, 0.05) is 21.3 Å². The monoisotopic (exact) mass is 394 g/mol. The summed E-state index contributed by atoms with van der Waals surface area (Å²) >= 11 is 3.26. The van der Waals surface area contributed by atoms with Gasteiger partial charge in [-0.1, -0.05) is 12.1 Å². The summed E-state index contributed by atoms with van der Waals surface area (Å²) in [6.45, 7) is 1.61. The Labute approximate surface area is 156 Å². The van der Waals surface area contributed by atoms with Crippen LogP contribution in [-0.2, 0) is 19.3 Å². The van der Waals surface area contributed by atoms with Crippen molar-refractivity contribution in [3.8, 4) is 0 Å². The lowest BCUT2D eigenvalue weighted by Crippen LogP contribution is -2.02. The van der Waals surface area contributed by atoms with Crippen molar-refractivity contribution in [3.63, 3.8) is 0 Å². The number of epoxide rings is 2. The molecule has 2 saturated heterocycles. The Morgan fingerprint density at radius 2 is 1.28 bits per heavy atom. The molecule has 25 heavy (non-hydrogen) atoms. The van der Waals surface area contributed by atoms with Crippen LogP contribution in [0.5, 0.6) is 0 Å². The molecule has 2 aliphatic rings.